The molecule has 0 aliphatic heterocycles. The maximum Gasteiger partial charge on any atom is 0.216 e. The van der Waals surface area contributed by atoms with Gasteiger partial charge >= 0.3 is 0 Å². The molecule has 0 unspecified atom stereocenters. The van der Waals surface area contributed by atoms with Crippen LogP contribution < -0.4 is 5.73 Å². The lowest BCUT2D eigenvalue weighted by atomic mass is 10.0. The van der Waals surface area contributed by atoms with Crippen molar-refractivity contribution in [2.45, 2.75) is 10.4 Å². The number of carbonyl (C=O) groups is 1. The summed E-state index contributed by atoms with van der Waals surface area (Å²) in [6, 6.07) is 18.8. The van der Waals surface area contributed by atoms with Crippen LogP contribution >= 0.6 is 11.8 Å². The van der Waals surface area contributed by atoms with Crippen molar-refractivity contribution in [2.75, 3.05) is 5.73 Å². The average molecular weight is 310 g/mol. The van der Waals surface area contributed by atoms with Crippen LogP contribution in [-0.2, 0) is 0 Å². The number of hydrogen-bond donors (Lipinski definition) is 2. The molecule has 0 bridgehead atoms. The van der Waals surface area contributed by atoms with Crippen LogP contribution in [0, 0.1) is 0 Å². The first-order valence-corrected chi connectivity index (χ1v) is 7.61. The molecule has 1 aromatic heterocycles. The zero-order chi connectivity index (χ0) is 15.4. The number of nitrogens with zero attached hydrogens (tertiary/aromatic N) is 2. The van der Waals surface area contributed by atoms with Crippen molar-refractivity contribution in [3.63, 3.8) is 0 Å². The largest absolute Gasteiger partial charge is 0.368 e. The van der Waals surface area contributed by atoms with E-state index in [2.05, 4.69) is 15.2 Å². The third kappa shape index (κ3) is 3.17. The smallest absolute Gasteiger partial charge is 0.216 e. The highest BCUT2D eigenvalue weighted by Crippen LogP contribution is 2.36. The Hall–Kier alpha value is -2.60. The molecule has 0 radical (unpaired) electrons. The van der Waals surface area contributed by atoms with Crippen LogP contribution in [0.15, 0.2) is 65.8 Å². The molecule has 0 saturated heterocycles. The maximum absolute atomic E-state index is 12.8. The van der Waals surface area contributed by atoms with Gasteiger partial charge in [0.1, 0.15) is 5.25 Å². The van der Waals surface area contributed by atoms with Gasteiger partial charge in [-0.1, -0.05) is 72.4 Å². The number of aromatic nitrogens is 3. The van der Waals surface area contributed by atoms with Crippen LogP contribution in [0.1, 0.15) is 21.2 Å². The van der Waals surface area contributed by atoms with Gasteiger partial charge in [-0.05, 0) is 5.56 Å². The lowest BCUT2D eigenvalue weighted by Crippen LogP contribution is -2.10. The number of nitrogens with one attached hydrogen (secondary N) is 1. The second-order valence-corrected chi connectivity index (χ2v) is 5.71. The number of thioether (sulfide) groups is 1. The number of ketones is 1. The van der Waals surface area contributed by atoms with E-state index in [0.29, 0.717) is 10.7 Å². The molecule has 0 spiro atoms. The molecule has 3 aromatic rings. The summed E-state index contributed by atoms with van der Waals surface area (Å²) in [6.07, 6.45) is 0. The molecule has 5 nitrogen and oxygen atoms in total. The van der Waals surface area contributed by atoms with E-state index in [1.165, 1.54) is 11.8 Å². The molecule has 1 heterocycles. The van der Waals surface area contributed by atoms with E-state index in [-0.39, 0.29) is 11.7 Å². The summed E-state index contributed by atoms with van der Waals surface area (Å²) in [5.74, 6) is 0.252. The number of hydrogen-bond acceptors (Lipinski definition) is 5. The van der Waals surface area contributed by atoms with Gasteiger partial charge in [-0.2, -0.15) is 4.98 Å². The lowest BCUT2D eigenvalue weighted by Gasteiger charge is -2.14. The summed E-state index contributed by atoms with van der Waals surface area (Å²) in [4.78, 5) is 16.9. The Morgan fingerprint density at radius 3 is 2.27 bits per heavy atom. The molecule has 0 amide bonds. The van der Waals surface area contributed by atoms with E-state index in [0.717, 1.165) is 5.56 Å². The molecule has 1 atom stereocenters. The lowest BCUT2D eigenvalue weighted by molar-refractivity contribution is 0.0989. The highest BCUT2D eigenvalue weighted by Gasteiger charge is 2.24. The minimum atomic E-state index is -0.418. The molecular formula is C16H14N4OS. The van der Waals surface area contributed by atoms with Crippen molar-refractivity contribution in [1.82, 2.24) is 15.2 Å². The predicted octanol–water partition coefficient (Wildman–Crippen LogP) is 3.10. The maximum atomic E-state index is 12.8. The fourth-order valence-electron chi connectivity index (χ4n) is 2.07. The molecule has 6 heteroatoms. The molecule has 3 rings (SSSR count). The molecule has 0 aliphatic rings. The number of nitrogen functional groups attached to an aromatic ring is 1. The molecule has 0 saturated carbocycles. The Morgan fingerprint density at radius 2 is 1.68 bits per heavy atom. The van der Waals surface area contributed by atoms with Crippen molar-refractivity contribution in [3.8, 4) is 0 Å². The van der Waals surface area contributed by atoms with Gasteiger partial charge in [0.15, 0.2) is 5.78 Å². The number of benzene rings is 2. The Bertz CT molecular complexity index is 758. The van der Waals surface area contributed by atoms with E-state index in [1.54, 1.807) is 0 Å². The first-order chi connectivity index (χ1) is 10.7. The van der Waals surface area contributed by atoms with Crippen LogP contribution in [0.4, 0.5) is 5.95 Å². The van der Waals surface area contributed by atoms with E-state index < -0.39 is 5.25 Å². The number of Topliss-reactive ketones (excluding diaryl/α,β-unsaturated/α-hetero) is 1. The molecule has 110 valence electrons. The van der Waals surface area contributed by atoms with Gasteiger partial charge in [0, 0.05) is 5.56 Å². The van der Waals surface area contributed by atoms with Crippen molar-refractivity contribution >= 4 is 23.5 Å². The summed E-state index contributed by atoms with van der Waals surface area (Å²) in [6.45, 7) is 0. The van der Waals surface area contributed by atoms with E-state index in [9.17, 15) is 4.79 Å². The standard InChI is InChI=1S/C16H14N4OS/c17-15-18-16(20-19-15)22-14(12-9-5-2-6-10-12)13(21)11-7-3-1-4-8-11/h1-10,14H,(H3,17,18,19,20)/t14-/m0/s1. The number of anilines is 1. The van der Waals surface area contributed by atoms with Gasteiger partial charge in [-0.25, -0.2) is 5.10 Å². The van der Waals surface area contributed by atoms with Crippen molar-refractivity contribution in [2.24, 2.45) is 0 Å². The Morgan fingerprint density at radius 1 is 1.05 bits per heavy atom. The van der Waals surface area contributed by atoms with Crippen molar-refractivity contribution < 1.29 is 4.79 Å². The summed E-state index contributed by atoms with van der Waals surface area (Å²) < 4.78 is 0. The summed E-state index contributed by atoms with van der Waals surface area (Å²) in [5.41, 5.74) is 7.12. The second kappa shape index (κ2) is 6.44. The fraction of sp³-hybridized carbons (Fsp3) is 0.0625. The zero-order valence-electron chi connectivity index (χ0n) is 11.6. The van der Waals surface area contributed by atoms with Crippen molar-refractivity contribution in [3.05, 3.63) is 71.8 Å². The first-order valence-electron chi connectivity index (χ1n) is 6.73. The van der Waals surface area contributed by atoms with Crippen LogP contribution in [0.5, 0.6) is 0 Å². The molecule has 2 aromatic carbocycles. The number of H-pyrrole nitrogens is 1. The van der Waals surface area contributed by atoms with Gasteiger partial charge in [0.2, 0.25) is 11.1 Å². The van der Waals surface area contributed by atoms with E-state index in [4.69, 9.17) is 5.73 Å². The molecule has 22 heavy (non-hydrogen) atoms. The first kappa shape index (κ1) is 14.3. The zero-order valence-corrected chi connectivity index (χ0v) is 12.5. The van der Waals surface area contributed by atoms with Gasteiger partial charge in [-0.3, -0.25) is 4.79 Å². The average Bonchev–Trinajstić information content (AvgIpc) is 2.99. The molecule has 0 fully saturated rings. The Labute approximate surface area is 132 Å². The number of carbonyl (C=O) groups excluding carboxylic acids is 1. The van der Waals surface area contributed by atoms with Crippen LogP contribution in [0.3, 0.4) is 0 Å². The number of aromatic amines is 1. The third-order valence-corrected chi connectivity index (χ3v) is 4.22. The number of rotatable bonds is 5. The quantitative estimate of drug-likeness (QED) is 0.559. The van der Waals surface area contributed by atoms with Crippen LogP contribution in [0.25, 0.3) is 0 Å². The van der Waals surface area contributed by atoms with Crippen LogP contribution in [0.2, 0.25) is 0 Å². The summed E-state index contributed by atoms with van der Waals surface area (Å²) >= 11 is 1.28. The third-order valence-electron chi connectivity index (χ3n) is 3.10. The predicted molar refractivity (Wildman–Crippen MR) is 86.6 cm³/mol. The minimum absolute atomic E-state index is 0.0140. The van der Waals surface area contributed by atoms with Gasteiger partial charge in [0.05, 0.1) is 0 Å². The van der Waals surface area contributed by atoms with Crippen LogP contribution in [-0.4, -0.2) is 21.0 Å². The topological polar surface area (TPSA) is 84.7 Å². The summed E-state index contributed by atoms with van der Waals surface area (Å²) in [5, 5.41) is 6.63. The molecule has 3 N–H and O–H groups in total. The SMILES string of the molecule is Nc1nc(S[C@H](C(=O)c2ccccc2)c2ccccc2)n[nH]1. The van der Waals surface area contributed by atoms with Crippen molar-refractivity contribution in [1.29, 1.82) is 0 Å². The van der Waals surface area contributed by atoms with E-state index in [1.807, 2.05) is 60.7 Å². The fourth-order valence-corrected chi connectivity index (χ4v) is 3.07. The summed E-state index contributed by atoms with van der Waals surface area (Å²) in [7, 11) is 0. The Kier molecular flexibility index (Phi) is 4.20. The molecular weight excluding hydrogens is 296 g/mol. The van der Waals surface area contributed by atoms with Gasteiger partial charge < -0.3 is 5.73 Å². The monoisotopic (exact) mass is 310 g/mol. The number of nitrogens with two attached hydrogens (primary N) is 1. The minimum Gasteiger partial charge on any atom is -0.368 e. The van der Waals surface area contributed by atoms with Gasteiger partial charge in [-0.15, -0.1) is 5.10 Å². The molecule has 0 aliphatic carbocycles. The van der Waals surface area contributed by atoms with Gasteiger partial charge in [0.25, 0.3) is 0 Å². The Balaban J connectivity index is 1.94. The normalized spacial score (nSPS) is 12.0. The second-order valence-electron chi connectivity index (χ2n) is 4.64. The van der Waals surface area contributed by atoms with E-state index >= 15 is 0 Å². The highest BCUT2D eigenvalue weighted by atomic mass is 32.2. The highest BCUT2D eigenvalue weighted by molar-refractivity contribution is 8.00.